The van der Waals surface area contributed by atoms with Crippen LogP contribution in [0.25, 0.3) is 0 Å². The number of benzene rings is 4. The molecule has 0 aromatic heterocycles. The monoisotopic (exact) mass is 634 g/mol. The summed E-state index contributed by atoms with van der Waals surface area (Å²) in [5.41, 5.74) is 7.22. The van der Waals surface area contributed by atoms with Crippen LogP contribution in [0.15, 0.2) is 60.7 Å². The van der Waals surface area contributed by atoms with Crippen LogP contribution in [-0.4, -0.2) is 49.1 Å². The predicted octanol–water partition coefficient (Wildman–Crippen LogP) is 8.36. The standard InChI is InChI=1S/C38H38N2O5S/c1-5-35(46)40-15-13-25-20-34(42-4)37-38-36(25)29(40)16-22-6-9-26(10-7-22)43-31-18-23(8-11-30(31)41-3)17-28-27-21-33(45-38)32(44-37)19-24(27)12-14-39(28)2/h6-11,18-21,28-29H,5,12-17H2,1-4H3/t28-,29-/m0/s1. The highest BCUT2D eigenvalue weighted by atomic mass is 32.1. The van der Waals surface area contributed by atoms with Crippen molar-refractivity contribution in [1.29, 1.82) is 0 Å². The first kappa shape index (κ1) is 29.2. The van der Waals surface area contributed by atoms with Crippen LogP contribution in [0.1, 0.15) is 58.8 Å². The zero-order chi connectivity index (χ0) is 31.5. The molecular weight excluding hydrogens is 596 g/mol. The molecule has 0 N–H and O–H groups in total. The fourth-order valence-electron chi connectivity index (χ4n) is 7.54. The molecule has 7 nitrogen and oxygen atoms in total. The van der Waals surface area contributed by atoms with Crippen molar-refractivity contribution < 1.29 is 23.7 Å². The second kappa shape index (κ2) is 11.5. The smallest absolute Gasteiger partial charge is 0.212 e. The maximum Gasteiger partial charge on any atom is 0.212 e. The third-order valence-corrected chi connectivity index (χ3v) is 10.5. The molecule has 0 saturated carbocycles. The van der Waals surface area contributed by atoms with E-state index in [2.05, 4.69) is 66.2 Å². The van der Waals surface area contributed by atoms with Crippen LogP contribution in [-0.2, 0) is 25.7 Å². The minimum absolute atomic E-state index is 0.0278. The highest BCUT2D eigenvalue weighted by Crippen LogP contribution is 2.57. The van der Waals surface area contributed by atoms with Crippen molar-refractivity contribution in [2.75, 3.05) is 34.4 Å². The number of ether oxygens (including phenoxy) is 5. The molecule has 8 heteroatoms. The van der Waals surface area contributed by atoms with Crippen LogP contribution < -0.4 is 23.7 Å². The molecule has 0 aliphatic carbocycles. The van der Waals surface area contributed by atoms with Crippen molar-refractivity contribution in [3.63, 3.8) is 0 Å². The Morgan fingerprint density at radius 3 is 2.26 bits per heavy atom. The topological polar surface area (TPSA) is 52.6 Å². The number of rotatable bonds is 3. The Kier molecular flexibility index (Phi) is 7.30. The number of nitrogens with zero attached hydrogens (tertiary/aromatic N) is 2. The first-order chi connectivity index (χ1) is 22.4. The highest BCUT2D eigenvalue weighted by Gasteiger charge is 2.38. The molecule has 9 rings (SSSR count). The molecule has 7 bridgehead atoms. The summed E-state index contributed by atoms with van der Waals surface area (Å²) >= 11 is 5.97. The minimum Gasteiger partial charge on any atom is -0.493 e. The van der Waals surface area contributed by atoms with E-state index in [-0.39, 0.29) is 12.1 Å². The molecule has 0 fully saturated rings. The van der Waals surface area contributed by atoms with Gasteiger partial charge in [0, 0.05) is 24.7 Å². The molecule has 0 radical (unpaired) electrons. The summed E-state index contributed by atoms with van der Waals surface area (Å²) in [5.74, 6) is 5.71. The van der Waals surface area contributed by atoms with Crippen molar-refractivity contribution in [3.05, 3.63) is 94.0 Å². The van der Waals surface area contributed by atoms with E-state index in [1.807, 2.05) is 18.2 Å². The molecule has 5 heterocycles. The average molecular weight is 635 g/mol. The Morgan fingerprint density at radius 2 is 1.48 bits per heavy atom. The lowest BCUT2D eigenvalue weighted by molar-refractivity contribution is 0.227. The molecule has 236 valence electrons. The van der Waals surface area contributed by atoms with Gasteiger partial charge >= 0.3 is 0 Å². The number of likely N-dealkylation sites (N-methyl/N-ethyl adjacent to an activating group) is 1. The van der Waals surface area contributed by atoms with E-state index in [0.717, 1.165) is 78.7 Å². The van der Waals surface area contributed by atoms with Crippen LogP contribution in [0.3, 0.4) is 0 Å². The SMILES string of the molecule is CCC(=S)N1CCc2cc(OC)c3c4c2[C@@H]1Cc1ccc(cc1)Oc1cc(ccc1OC)C[C@H]1c2cc(c(cc2CCN1C)O3)O4. The molecule has 4 aromatic carbocycles. The van der Waals surface area contributed by atoms with E-state index in [0.29, 0.717) is 23.0 Å². The fourth-order valence-corrected chi connectivity index (χ4v) is 7.76. The van der Waals surface area contributed by atoms with E-state index >= 15 is 0 Å². The van der Waals surface area contributed by atoms with E-state index in [1.165, 1.54) is 27.8 Å². The van der Waals surface area contributed by atoms with Crippen molar-refractivity contribution in [2.24, 2.45) is 0 Å². The Morgan fingerprint density at radius 1 is 0.761 bits per heavy atom. The van der Waals surface area contributed by atoms with Gasteiger partial charge in [0.05, 0.1) is 25.2 Å². The van der Waals surface area contributed by atoms with Gasteiger partial charge in [0.1, 0.15) is 5.75 Å². The number of thiocarbonyl (C=S) groups is 1. The van der Waals surface area contributed by atoms with Gasteiger partial charge in [-0.1, -0.05) is 37.3 Å². The summed E-state index contributed by atoms with van der Waals surface area (Å²) in [6.45, 7) is 3.91. The first-order valence-corrected chi connectivity index (χ1v) is 16.5. The van der Waals surface area contributed by atoms with Gasteiger partial charge in [0.2, 0.25) is 5.75 Å². The lowest BCUT2D eigenvalue weighted by Crippen LogP contribution is -2.40. The summed E-state index contributed by atoms with van der Waals surface area (Å²) < 4.78 is 31.8. The lowest BCUT2D eigenvalue weighted by atomic mass is 9.86. The first-order valence-electron chi connectivity index (χ1n) is 16.1. The zero-order valence-corrected chi connectivity index (χ0v) is 27.5. The van der Waals surface area contributed by atoms with Gasteiger partial charge in [-0.25, -0.2) is 0 Å². The maximum absolute atomic E-state index is 6.98. The van der Waals surface area contributed by atoms with E-state index in [4.69, 9.17) is 35.9 Å². The van der Waals surface area contributed by atoms with Gasteiger partial charge in [-0.3, -0.25) is 4.90 Å². The predicted molar refractivity (Wildman–Crippen MR) is 182 cm³/mol. The van der Waals surface area contributed by atoms with Crippen molar-refractivity contribution in [3.8, 4) is 46.0 Å². The summed E-state index contributed by atoms with van der Waals surface area (Å²) in [6, 6.07) is 21.2. The number of hydrogen-bond acceptors (Lipinski definition) is 7. The third-order valence-electron chi connectivity index (χ3n) is 9.99. The molecular formula is C38H38N2O5S. The second-order valence-electron chi connectivity index (χ2n) is 12.6. The van der Waals surface area contributed by atoms with E-state index in [1.54, 1.807) is 14.2 Å². The van der Waals surface area contributed by atoms with Crippen molar-refractivity contribution >= 4 is 17.2 Å². The zero-order valence-electron chi connectivity index (χ0n) is 26.7. The lowest BCUT2D eigenvalue weighted by Gasteiger charge is -2.41. The number of hydrogen-bond donors (Lipinski definition) is 0. The number of methoxy groups -OCH3 is 2. The number of fused-ring (bicyclic) bond motifs is 2. The van der Waals surface area contributed by atoms with E-state index < -0.39 is 0 Å². The minimum atomic E-state index is -0.0278. The van der Waals surface area contributed by atoms with Gasteiger partial charge in [-0.05, 0) is 109 Å². The van der Waals surface area contributed by atoms with Crippen LogP contribution >= 0.6 is 12.2 Å². The van der Waals surface area contributed by atoms with Crippen LogP contribution in [0, 0.1) is 0 Å². The Balaban J connectivity index is 1.34. The molecule has 46 heavy (non-hydrogen) atoms. The molecule has 5 aliphatic rings. The fraction of sp³-hybridized carbons (Fsp3) is 0.342. The molecule has 0 unspecified atom stereocenters. The molecule has 0 amide bonds. The normalized spacial score (nSPS) is 19.3. The maximum atomic E-state index is 6.98. The summed E-state index contributed by atoms with van der Waals surface area (Å²) in [5, 5.41) is 0. The van der Waals surface area contributed by atoms with Gasteiger partial charge in [-0.15, -0.1) is 0 Å². The van der Waals surface area contributed by atoms with Gasteiger partial charge in [-0.2, -0.15) is 0 Å². The molecule has 5 aliphatic heterocycles. The Labute approximate surface area is 275 Å². The Hall–Kier alpha value is -4.27. The van der Waals surface area contributed by atoms with Crippen molar-refractivity contribution in [2.45, 2.75) is 51.1 Å². The molecule has 2 atom stereocenters. The molecule has 0 saturated heterocycles. The summed E-state index contributed by atoms with van der Waals surface area (Å²) in [6.07, 6.45) is 4.14. The average Bonchev–Trinajstić information content (AvgIpc) is 3.08. The van der Waals surface area contributed by atoms with Gasteiger partial charge in [0.25, 0.3) is 0 Å². The van der Waals surface area contributed by atoms with Crippen LogP contribution in [0.4, 0.5) is 0 Å². The van der Waals surface area contributed by atoms with E-state index in [9.17, 15) is 0 Å². The summed E-state index contributed by atoms with van der Waals surface area (Å²) in [4.78, 5) is 5.75. The third kappa shape index (κ3) is 4.86. The van der Waals surface area contributed by atoms with Crippen molar-refractivity contribution in [1.82, 2.24) is 9.80 Å². The molecule has 0 spiro atoms. The van der Waals surface area contributed by atoms with Gasteiger partial charge < -0.3 is 28.6 Å². The van der Waals surface area contributed by atoms with Crippen LogP contribution in [0.5, 0.6) is 46.0 Å². The quantitative estimate of drug-likeness (QED) is 0.184. The second-order valence-corrected chi connectivity index (χ2v) is 13.1. The highest BCUT2D eigenvalue weighted by molar-refractivity contribution is 7.80. The largest absolute Gasteiger partial charge is 0.493 e. The summed E-state index contributed by atoms with van der Waals surface area (Å²) in [7, 11) is 5.58. The van der Waals surface area contributed by atoms with Gasteiger partial charge in [0.15, 0.2) is 34.5 Å². The van der Waals surface area contributed by atoms with Crippen LogP contribution in [0.2, 0.25) is 0 Å². The Bertz CT molecular complexity index is 1860. The molecule has 4 aromatic rings.